The molecular formula is C11H21NO. The highest BCUT2D eigenvalue weighted by Gasteiger charge is 2.42. The Hall–Kier alpha value is -0.530. The van der Waals surface area contributed by atoms with Crippen molar-refractivity contribution in [2.24, 2.45) is 23.0 Å². The van der Waals surface area contributed by atoms with E-state index in [1.54, 1.807) is 0 Å². The average Bonchev–Trinajstić information content (AvgIpc) is 2.04. The van der Waals surface area contributed by atoms with Crippen molar-refractivity contribution in [2.75, 3.05) is 0 Å². The molecule has 76 valence electrons. The Labute approximate surface area is 80.9 Å². The van der Waals surface area contributed by atoms with Gasteiger partial charge in [-0.2, -0.15) is 0 Å². The van der Waals surface area contributed by atoms with Gasteiger partial charge in [0.2, 0.25) is 5.91 Å². The van der Waals surface area contributed by atoms with Crippen LogP contribution in [0.1, 0.15) is 46.5 Å². The van der Waals surface area contributed by atoms with Gasteiger partial charge < -0.3 is 5.73 Å². The van der Waals surface area contributed by atoms with E-state index >= 15 is 0 Å². The van der Waals surface area contributed by atoms with Gasteiger partial charge in [-0.15, -0.1) is 0 Å². The van der Waals surface area contributed by atoms with Gasteiger partial charge in [0.25, 0.3) is 0 Å². The van der Waals surface area contributed by atoms with Gasteiger partial charge in [0.1, 0.15) is 0 Å². The maximum atomic E-state index is 11.4. The fraction of sp³-hybridized carbons (Fsp3) is 0.909. The van der Waals surface area contributed by atoms with Gasteiger partial charge in [0.05, 0.1) is 0 Å². The van der Waals surface area contributed by atoms with Crippen LogP contribution in [-0.4, -0.2) is 5.91 Å². The highest BCUT2D eigenvalue weighted by molar-refractivity contribution is 5.80. The fourth-order valence-electron chi connectivity index (χ4n) is 2.74. The molecule has 2 nitrogen and oxygen atoms in total. The normalized spacial score (nSPS) is 34.9. The zero-order valence-corrected chi connectivity index (χ0v) is 8.97. The molecule has 1 saturated carbocycles. The van der Waals surface area contributed by atoms with E-state index in [1.807, 2.05) is 6.92 Å². The van der Waals surface area contributed by atoms with Crippen molar-refractivity contribution in [3.05, 3.63) is 0 Å². The molecule has 2 heteroatoms. The second-order valence-corrected chi connectivity index (χ2v) is 4.88. The van der Waals surface area contributed by atoms with Crippen molar-refractivity contribution in [1.82, 2.24) is 0 Å². The number of carbonyl (C=O) groups is 1. The van der Waals surface area contributed by atoms with Gasteiger partial charge in [0.15, 0.2) is 0 Å². The molecule has 13 heavy (non-hydrogen) atoms. The second-order valence-electron chi connectivity index (χ2n) is 4.88. The molecule has 0 aromatic heterocycles. The van der Waals surface area contributed by atoms with Crippen LogP contribution in [0.3, 0.4) is 0 Å². The molecule has 0 radical (unpaired) electrons. The smallest absolute Gasteiger partial charge is 0.223 e. The van der Waals surface area contributed by atoms with Crippen molar-refractivity contribution in [1.29, 1.82) is 0 Å². The second kappa shape index (κ2) is 3.69. The molecule has 1 aliphatic rings. The molecule has 2 N–H and O–H groups in total. The first-order valence-electron chi connectivity index (χ1n) is 5.28. The Kier molecular flexibility index (Phi) is 2.99. The van der Waals surface area contributed by atoms with Crippen LogP contribution in [0.15, 0.2) is 0 Å². The number of rotatable bonds is 2. The van der Waals surface area contributed by atoms with Crippen LogP contribution in [0, 0.1) is 17.3 Å². The Morgan fingerprint density at radius 3 is 2.46 bits per heavy atom. The first-order valence-corrected chi connectivity index (χ1v) is 5.28. The highest BCUT2D eigenvalue weighted by Crippen LogP contribution is 2.44. The van der Waals surface area contributed by atoms with Gasteiger partial charge in [-0.1, -0.05) is 33.6 Å². The first-order chi connectivity index (χ1) is 5.98. The minimum atomic E-state index is -0.244. The van der Waals surface area contributed by atoms with E-state index in [9.17, 15) is 4.79 Å². The largest absolute Gasteiger partial charge is 0.369 e. The van der Waals surface area contributed by atoms with Crippen LogP contribution in [0.4, 0.5) is 0 Å². The summed E-state index contributed by atoms with van der Waals surface area (Å²) < 4.78 is 0. The van der Waals surface area contributed by atoms with Crippen molar-refractivity contribution < 1.29 is 4.79 Å². The summed E-state index contributed by atoms with van der Waals surface area (Å²) in [5.74, 6) is 0.947. The quantitative estimate of drug-likeness (QED) is 0.701. The Balaban J connectivity index is 2.83. The van der Waals surface area contributed by atoms with Crippen molar-refractivity contribution in [3.63, 3.8) is 0 Å². The molecule has 2 unspecified atom stereocenters. The highest BCUT2D eigenvalue weighted by atomic mass is 16.1. The number of hydrogen-bond acceptors (Lipinski definition) is 1. The van der Waals surface area contributed by atoms with E-state index in [1.165, 1.54) is 6.42 Å². The third-order valence-electron chi connectivity index (χ3n) is 3.65. The lowest BCUT2D eigenvalue weighted by Gasteiger charge is -2.41. The molecule has 0 spiro atoms. The monoisotopic (exact) mass is 183 g/mol. The summed E-state index contributed by atoms with van der Waals surface area (Å²) in [5, 5.41) is 0. The van der Waals surface area contributed by atoms with Gasteiger partial charge in [-0.05, 0) is 24.7 Å². The maximum Gasteiger partial charge on any atom is 0.223 e. The standard InChI is InChI=1S/C11H21NO/c1-8(2)9-6-4-5-7-11(9,3)10(12)13/h8-9H,4-7H2,1-3H3,(H2,12,13). The van der Waals surface area contributed by atoms with Crippen LogP contribution in [0.5, 0.6) is 0 Å². The van der Waals surface area contributed by atoms with Gasteiger partial charge >= 0.3 is 0 Å². The lowest BCUT2D eigenvalue weighted by molar-refractivity contribution is -0.133. The Morgan fingerprint density at radius 1 is 1.46 bits per heavy atom. The van der Waals surface area contributed by atoms with Crippen LogP contribution in [0.2, 0.25) is 0 Å². The summed E-state index contributed by atoms with van der Waals surface area (Å²) in [6.07, 6.45) is 4.55. The lowest BCUT2D eigenvalue weighted by Crippen LogP contribution is -2.44. The van der Waals surface area contributed by atoms with E-state index in [0.717, 1.165) is 19.3 Å². The van der Waals surface area contributed by atoms with Crippen molar-refractivity contribution >= 4 is 5.91 Å². The topological polar surface area (TPSA) is 43.1 Å². The lowest BCUT2D eigenvalue weighted by atomic mass is 9.63. The van der Waals surface area contributed by atoms with Crippen molar-refractivity contribution in [3.8, 4) is 0 Å². The molecule has 0 aromatic rings. The molecular weight excluding hydrogens is 162 g/mol. The first kappa shape index (κ1) is 10.6. The molecule has 1 rings (SSSR count). The van der Waals surface area contributed by atoms with Crippen LogP contribution in [-0.2, 0) is 4.79 Å². The predicted molar refractivity (Wildman–Crippen MR) is 54.1 cm³/mol. The number of carbonyl (C=O) groups excluding carboxylic acids is 1. The van der Waals surface area contributed by atoms with Crippen LogP contribution >= 0.6 is 0 Å². The molecule has 0 saturated heterocycles. The number of hydrogen-bond donors (Lipinski definition) is 1. The average molecular weight is 183 g/mol. The molecule has 0 aromatic carbocycles. The summed E-state index contributed by atoms with van der Waals surface area (Å²) in [5.41, 5.74) is 5.25. The summed E-state index contributed by atoms with van der Waals surface area (Å²) in [6.45, 7) is 6.42. The Bertz CT molecular complexity index is 200. The van der Waals surface area contributed by atoms with Gasteiger partial charge in [-0.25, -0.2) is 0 Å². The summed E-state index contributed by atoms with van der Waals surface area (Å²) in [6, 6.07) is 0. The molecule has 1 fully saturated rings. The summed E-state index contributed by atoms with van der Waals surface area (Å²) in [7, 11) is 0. The minimum absolute atomic E-state index is 0.106. The third kappa shape index (κ3) is 1.87. The number of amides is 1. The molecule has 0 bridgehead atoms. The zero-order chi connectivity index (χ0) is 10.1. The maximum absolute atomic E-state index is 11.4. The zero-order valence-electron chi connectivity index (χ0n) is 8.97. The van der Waals surface area contributed by atoms with E-state index in [4.69, 9.17) is 5.73 Å². The molecule has 1 aliphatic carbocycles. The predicted octanol–water partition coefficient (Wildman–Crippen LogP) is 2.32. The minimum Gasteiger partial charge on any atom is -0.369 e. The number of primary amides is 1. The third-order valence-corrected chi connectivity index (χ3v) is 3.65. The SMILES string of the molecule is CC(C)C1CCCCC1(C)C(N)=O. The van der Waals surface area contributed by atoms with Crippen LogP contribution in [0.25, 0.3) is 0 Å². The summed E-state index contributed by atoms with van der Waals surface area (Å²) >= 11 is 0. The molecule has 0 heterocycles. The fourth-order valence-corrected chi connectivity index (χ4v) is 2.74. The van der Waals surface area contributed by atoms with E-state index in [2.05, 4.69) is 13.8 Å². The van der Waals surface area contributed by atoms with Gasteiger partial charge in [-0.3, -0.25) is 4.79 Å². The van der Waals surface area contributed by atoms with Crippen LogP contribution < -0.4 is 5.73 Å². The Morgan fingerprint density at radius 2 is 2.08 bits per heavy atom. The van der Waals surface area contributed by atoms with E-state index in [0.29, 0.717) is 11.8 Å². The van der Waals surface area contributed by atoms with Gasteiger partial charge in [0, 0.05) is 5.41 Å². The van der Waals surface area contributed by atoms with Crippen molar-refractivity contribution in [2.45, 2.75) is 46.5 Å². The van der Waals surface area contributed by atoms with E-state index in [-0.39, 0.29) is 11.3 Å². The molecule has 0 aliphatic heterocycles. The number of nitrogens with two attached hydrogens (primary N) is 1. The molecule has 1 amide bonds. The molecule has 2 atom stereocenters. The van der Waals surface area contributed by atoms with E-state index < -0.39 is 0 Å². The summed E-state index contributed by atoms with van der Waals surface area (Å²) in [4.78, 5) is 11.4.